The van der Waals surface area contributed by atoms with Crippen LogP contribution in [0.2, 0.25) is 0 Å². The summed E-state index contributed by atoms with van der Waals surface area (Å²) < 4.78 is 74.8. The van der Waals surface area contributed by atoms with Gasteiger partial charge in [-0.2, -0.15) is 5.10 Å². The monoisotopic (exact) mass is 470 g/mol. The second-order valence-electron chi connectivity index (χ2n) is 6.34. The number of anilines is 2. The highest BCUT2D eigenvalue weighted by molar-refractivity contribution is 7.92. The van der Waals surface area contributed by atoms with Gasteiger partial charge in [-0.1, -0.05) is 0 Å². The lowest BCUT2D eigenvalue weighted by Gasteiger charge is -2.14. The van der Waals surface area contributed by atoms with Gasteiger partial charge in [0, 0.05) is 30.7 Å². The Morgan fingerprint density at radius 1 is 1.06 bits per heavy atom. The summed E-state index contributed by atoms with van der Waals surface area (Å²) in [5.41, 5.74) is 0.580. The number of amides is 1. The minimum absolute atomic E-state index is 0.00941. The number of methoxy groups -OCH3 is 1. The molecular weight excluding hydrogens is 453 g/mol. The Kier molecular flexibility index (Phi) is 6.30. The molecule has 0 aliphatic heterocycles. The first-order valence-electron chi connectivity index (χ1n) is 8.84. The summed E-state index contributed by atoms with van der Waals surface area (Å²) >= 11 is 0. The van der Waals surface area contributed by atoms with Crippen molar-refractivity contribution in [2.24, 2.45) is 7.05 Å². The minimum atomic E-state index is -4.86. The van der Waals surface area contributed by atoms with Crippen LogP contribution in [-0.2, 0) is 17.1 Å². The quantitative estimate of drug-likeness (QED) is 0.548. The molecule has 0 saturated carbocycles. The molecule has 170 valence electrons. The number of hydrogen-bond donors (Lipinski definition) is 2. The highest BCUT2D eigenvalue weighted by Crippen LogP contribution is 2.30. The van der Waals surface area contributed by atoms with E-state index >= 15 is 0 Å². The van der Waals surface area contributed by atoms with E-state index < -0.39 is 28.0 Å². The van der Waals surface area contributed by atoms with Gasteiger partial charge in [0.2, 0.25) is 0 Å². The molecule has 32 heavy (non-hydrogen) atoms. The van der Waals surface area contributed by atoms with Gasteiger partial charge < -0.3 is 14.8 Å². The number of benzene rings is 2. The van der Waals surface area contributed by atoms with Crippen molar-refractivity contribution < 1.29 is 35.9 Å². The molecule has 3 rings (SSSR count). The number of sulfonamides is 1. The predicted octanol–water partition coefficient (Wildman–Crippen LogP) is 3.38. The van der Waals surface area contributed by atoms with E-state index in [1.54, 1.807) is 7.05 Å². The van der Waals surface area contributed by atoms with Gasteiger partial charge in [0.1, 0.15) is 22.1 Å². The number of aryl methyl sites for hydroxylation is 1. The fourth-order valence-corrected chi connectivity index (χ4v) is 3.90. The first-order valence-corrected chi connectivity index (χ1v) is 10.3. The number of hydrogen-bond acceptors (Lipinski definition) is 6. The Morgan fingerprint density at radius 2 is 1.72 bits per heavy atom. The average Bonchev–Trinajstić information content (AvgIpc) is 3.14. The van der Waals surface area contributed by atoms with Crippen LogP contribution in [0.15, 0.2) is 59.6 Å². The molecule has 0 unspecified atom stereocenters. The second kappa shape index (κ2) is 8.78. The fraction of sp³-hybridized carbons (Fsp3) is 0.158. The van der Waals surface area contributed by atoms with Crippen LogP contribution < -0.4 is 19.5 Å². The normalized spacial score (nSPS) is 11.7. The number of halogens is 3. The molecule has 9 nitrogen and oxygen atoms in total. The van der Waals surface area contributed by atoms with E-state index in [9.17, 15) is 26.4 Å². The van der Waals surface area contributed by atoms with Crippen LogP contribution in [0.5, 0.6) is 11.5 Å². The van der Waals surface area contributed by atoms with E-state index in [0.717, 1.165) is 24.3 Å². The minimum Gasteiger partial charge on any atom is -0.495 e. The molecule has 0 radical (unpaired) electrons. The molecule has 0 saturated heterocycles. The number of aromatic nitrogens is 2. The molecule has 1 amide bonds. The van der Waals surface area contributed by atoms with Crippen molar-refractivity contribution in [3.8, 4) is 11.5 Å². The lowest BCUT2D eigenvalue weighted by atomic mass is 10.3. The SMILES string of the molecule is COc1cc(NC(=O)c2ccnn2C)ccc1S(=O)(=O)Nc1ccc(OC(F)(F)F)cc1. The Balaban J connectivity index is 1.78. The van der Waals surface area contributed by atoms with E-state index in [1.165, 1.54) is 42.3 Å². The predicted molar refractivity (Wildman–Crippen MR) is 108 cm³/mol. The Labute approximate surface area is 180 Å². The number of ether oxygens (including phenoxy) is 2. The molecule has 1 heterocycles. The molecule has 0 bridgehead atoms. The first kappa shape index (κ1) is 22.9. The van der Waals surface area contributed by atoms with Crippen molar-refractivity contribution in [3.63, 3.8) is 0 Å². The molecule has 0 aliphatic carbocycles. The third-order valence-corrected chi connectivity index (χ3v) is 5.53. The Morgan fingerprint density at radius 3 is 2.28 bits per heavy atom. The van der Waals surface area contributed by atoms with Crippen LogP contribution >= 0.6 is 0 Å². The standard InChI is InChI=1S/C19H17F3N4O5S/c1-26-15(9-10-23-26)18(27)24-13-5-8-17(16(11-13)30-2)32(28,29)25-12-3-6-14(7-4-12)31-19(20,21)22/h3-11,25H,1-2H3,(H,24,27). The zero-order valence-corrected chi connectivity index (χ0v) is 17.5. The molecular formula is C19H17F3N4O5S. The van der Waals surface area contributed by atoms with E-state index in [2.05, 4.69) is 19.9 Å². The molecule has 0 fully saturated rings. The van der Waals surface area contributed by atoms with Gasteiger partial charge in [-0.05, 0) is 42.5 Å². The van der Waals surface area contributed by atoms with Crippen LogP contribution in [0, 0.1) is 0 Å². The van der Waals surface area contributed by atoms with Crippen molar-refractivity contribution in [2.75, 3.05) is 17.1 Å². The molecule has 0 atom stereocenters. The maximum Gasteiger partial charge on any atom is 0.573 e. The van der Waals surface area contributed by atoms with Gasteiger partial charge in [0.15, 0.2) is 0 Å². The molecule has 0 spiro atoms. The topological polar surface area (TPSA) is 112 Å². The molecule has 2 N–H and O–H groups in total. The summed E-state index contributed by atoms with van der Waals surface area (Å²) in [6.45, 7) is 0. The first-order chi connectivity index (χ1) is 15.0. The van der Waals surface area contributed by atoms with Crippen LogP contribution in [0.3, 0.4) is 0 Å². The average molecular weight is 470 g/mol. The Bertz CT molecular complexity index is 1220. The number of alkyl halides is 3. The summed E-state index contributed by atoms with van der Waals surface area (Å²) in [6.07, 6.45) is -3.40. The van der Waals surface area contributed by atoms with E-state index in [1.807, 2.05) is 0 Å². The molecule has 2 aromatic carbocycles. The number of carbonyl (C=O) groups excluding carboxylic acids is 1. The summed E-state index contributed by atoms with van der Waals surface area (Å²) in [7, 11) is -1.31. The Hall–Kier alpha value is -3.74. The molecule has 1 aromatic heterocycles. The van der Waals surface area contributed by atoms with Crippen molar-refractivity contribution in [1.29, 1.82) is 0 Å². The van der Waals surface area contributed by atoms with Crippen molar-refractivity contribution in [3.05, 3.63) is 60.4 Å². The van der Waals surface area contributed by atoms with Crippen molar-refractivity contribution >= 4 is 27.3 Å². The molecule has 3 aromatic rings. The summed E-state index contributed by atoms with van der Waals surface area (Å²) in [5.74, 6) is -1.01. The van der Waals surface area contributed by atoms with Crippen LogP contribution in [0.1, 0.15) is 10.5 Å². The smallest absolute Gasteiger partial charge is 0.495 e. The zero-order valence-electron chi connectivity index (χ0n) is 16.7. The van der Waals surface area contributed by atoms with Gasteiger partial charge in [0.25, 0.3) is 15.9 Å². The lowest BCUT2D eigenvalue weighted by molar-refractivity contribution is -0.274. The number of nitrogens with one attached hydrogen (secondary N) is 2. The van der Waals surface area contributed by atoms with Crippen LogP contribution in [0.4, 0.5) is 24.5 Å². The lowest BCUT2D eigenvalue weighted by Crippen LogP contribution is -2.18. The van der Waals surface area contributed by atoms with E-state index in [4.69, 9.17) is 4.74 Å². The van der Waals surface area contributed by atoms with Gasteiger partial charge in [0.05, 0.1) is 7.11 Å². The van der Waals surface area contributed by atoms with Crippen LogP contribution in [-0.4, -0.2) is 37.6 Å². The number of carbonyl (C=O) groups is 1. The summed E-state index contributed by atoms with van der Waals surface area (Å²) in [6, 6.07) is 9.61. The highest BCUT2D eigenvalue weighted by Gasteiger charge is 2.31. The van der Waals surface area contributed by atoms with Crippen molar-refractivity contribution in [2.45, 2.75) is 11.3 Å². The molecule has 0 aliphatic rings. The maximum atomic E-state index is 12.8. The van der Waals surface area contributed by atoms with Gasteiger partial charge in [-0.3, -0.25) is 14.2 Å². The van der Waals surface area contributed by atoms with Gasteiger partial charge in [-0.25, -0.2) is 8.42 Å². The third-order valence-electron chi connectivity index (χ3n) is 4.10. The van der Waals surface area contributed by atoms with Crippen molar-refractivity contribution in [1.82, 2.24) is 9.78 Å². The van der Waals surface area contributed by atoms with Gasteiger partial charge >= 0.3 is 6.36 Å². The zero-order chi connectivity index (χ0) is 23.5. The summed E-state index contributed by atoms with van der Waals surface area (Å²) in [4.78, 5) is 12.1. The van der Waals surface area contributed by atoms with E-state index in [0.29, 0.717) is 5.69 Å². The fourth-order valence-electron chi connectivity index (χ4n) is 2.69. The molecule has 13 heteroatoms. The maximum absolute atomic E-state index is 12.8. The number of nitrogens with zero attached hydrogens (tertiary/aromatic N) is 2. The largest absolute Gasteiger partial charge is 0.573 e. The second-order valence-corrected chi connectivity index (χ2v) is 7.99. The van der Waals surface area contributed by atoms with Gasteiger partial charge in [-0.15, -0.1) is 13.2 Å². The summed E-state index contributed by atoms with van der Waals surface area (Å²) in [5, 5.41) is 6.51. The highest BCUT2D eigenvalue weighted by atomic mass is 32.2. The van der Waals surface area contributed by atoms with Crippen LogP contribution in [0.25, 0.3) is 0 Å². The third kappa shape index (κ3) is 5.49. The van der Waals surface area contributed by atoms with E-state index in [-0.39, 0.29) is 22.0 Å². The number of rotatable bonds is 7.